The summed E-state index contributed by atoms with van der Waals surface area (Å²) in [5.74, 6) is -0.776. The molecule has 0 aromatic heterocycles. The molecule has 0 bridgehead atoms. The van der Waals surface area contributed by atoms with E-state index in [0.717, 1.165) is 0 Å². The van der Waals surface area contributed by atoms with Gasteiger partial charge < -0.3 is 18.7 Å². The number of nitrogens with zero attached hydrogens (tertiary/aromatic N) is 2. The second kappa shape index (κ2) is 12.3. The summed E-state index contributed by atoms with van der Waals surface area (Å²) in [5.41, 5.74) is -1.04. The van der Waals surface area contributed by atoms with E-state index in [1.165, 1.54) is 6.92 Å². The Morgan fingerprint density at radius 1 is 1.00 bits per heavy atom. The van der Waals surface area contributed by atoms with Gasteiger partial charge in [0.2, 0.25) is 5.91 Å². The Morgan fingerprint density at radius 2 is 1.48 bits per heavy atom. The molecule has 0 aliphatic carbocycles. The average molecular weight is 406 g/mol. The molecule has 1 unspecified atom stereocenters. The minimum atomic E-state index is -3.84. The monoisotopic (exact) mass is 406 g/mol. The lowest BCUT2D eigenvalue weighted by molar-refractivity contribution is -0.143. The molecule has 0 radical (unpaired) electrons. The molecular formula is C18H35N2O6P. The molecule has 0 heterocycles. The van der Waals surface area contributed by atoms with Crippen molar-refractivity contribution in [2.75, 3.05) is 19.7 Å². The van der Waals surface area contributed by atoms with Gasteiger partial charge in [-0.05, 0) is 48.5 Å². The first kappa shape index (κ1) is 25.8. The molecule has 0 saturated heterocycles. The number of aliphatic imine (C=N–C) groups is 1. The van der Waals surface area contributed by atoms with Crippen molar-refractivity contribution in [1.82, 2.24) is 4.90 Å². The van der Waals surface area contributed by atoms with E-state index in [1.54, 1.807) is 39.5 Å². The van der Waals surface area contributed by atoms with Crippen LogP contribution in [0.25, 0.3) is 0 Å². The molecule has 0 N–H and O–H groups in total. The summed E-state index contributed by atoms with van der Waals surface area (Å²) in [7, 11) is -3.84. The van der Waals surface area contributed by atoms with Crippen LogP contribution in [-0.4, -0.2) is 60.2 Å². The van der Waals surface area contributed by atoms with Crippen LogP contribution in [-0.2, 0) is 27.9 Å². The largest absolute Gasteiger partial charge is 0.466 e. The van der Waals surface area contributed by atoms with Gasteiger partial charge in [-0.1, -0.05) is 0 Å². The fourth-order valence-corrected chi connectivity index (χ4v) is 4.94. The fourth-order valence-electron chi connectivity index (χ4n) is 2.55. The summed E-state index contributed by atoms with van der Waals surface area (Å²) in [4.78, 5) is 29.9. The fraction of sp³-hybridized carbons (Fsp3) is 0.833. The van der Waals surface area contributed by atoms with Gasteiger partial charge in [-0.3, -0.25) is 14.2 Å². The van der Waals surface area contributed by atoms with Gasteiger partial charge in [0.1, 0.15) is 11.5 Å². The van der Waals surface area contributed by atoms with E-state index < -0.39 is 37.3 Å². The molecule has 0 spiro atoms. The molecule has 0 saturated carbocycles. The molecule has 0 aliphatic rings. The van der Waals surface area contributed by atoms with Gasteiger partial charge in [-0.25, -0.2) is 0 Å². The second-order valence-electron chi connectivity index (χ2n) is 6.53. The van der Waals surface area contributed by atoms with Crippen molar-refractivity contribution in [3.63, 3.8) is 0 Å². The maximum atomic E-state index is 13.8. The maximum absolute atomic E-state index is 13.8. The van der Waals surface area contributed by atoms with E-state index >= 15 is 0 Å². The summed E-state index contributed by atoms with van der Waals surface area (Å²) >= 11 is 0. The molecule has 1 atom stereocenters. The predicted molar refractivity (Wildman–Crippen MR) is 106 cm³/mol. The smallest absolute Gasteiger partial charge is 0.342 e. The van der Waals surface area contributed by atoms with Gasteiger partial charge in [0, 0.05) is 20.0 Å². The van der Waals surface area contributed by atoms with Crippen LogP contribution < -0.4 is 0 Å². The third-order valence-corrected chi connectivity index (χ3v) is 6.03. The van der Waals surface area contributed by atoms with E-state index in [2.05, 4.69) is 4.99 Å². The number of esters is 1. The van der Waals surface area contributed by atoms with Gasteiger partial charge in [0.25, 0.3) is 0 Å². The zero-order valence-corrected chi connectivity index (χ0v) is 18.7. The maximum Gasteiger partial charge on any atom is 0.342 e. The second-order valence-corrected chi connectivity index (χ2v) is 8.66. The standard InChI is InChI=1S/C18H35N2O6P/c1-9-20(10-2)18(19-15(8)21)16(12-17(22)24-11-3)27(23,25-13(4)5)26-14(6)7/h13-14,16H,9-12H2,1-8H3. The minimum Gasteiger partial charge on any atom is -0.466 e. The Morgan fingerprint density at radius 3 is 1.81 bits per heavy atom. The average Bonchev–Trinajstić information content (AvgIpc) is 2.51. The molecule has 0 rings (SSSR count). The first-order valence-electron chi connectivity index (χ1n) is 9.46. The number of amidine groups is 1. The third kappa shape index (κ3) is 9.00. The minimum absolute atomic E-state index is 0.191. The molecule has 8 nitrogen and oxygen atoms in total. The van der Waals surface area contributed by atoms with E-state index in [1.807, 2.05) is 13.8 Å². The van der Waals surface area contributed by atoms with Crippen LogP contribution in [0.1, 0.15) is 61.8 Å². The summed E-state index contributed by atoms with van der Waals surface area (Å²) in [6.07, 6.45) is -1.07. The van der Waals surface area contributed by atoms with Crippen LogP contribution in [0.2, 0.25) is 0 Å². The highest BCUT2D eigenvalue weighted by Gasteiger charge is 2.44. The van der Waals surface area contributed by atoms with Crippen LogP contribution >= 0.6 is 7.60 Å². The summed E-state index contributed by atoms with van der Waals surface area (Å²) in [6.45, 7) is 14.9. The Balaban J connectivity index is 6.38. The zero-order chi connectivity index (χ0) is 21.2. The predicted octanol–water partition coefficient (Wildman–Crippen LogP) is 3.64. The Bertz CT molecular complexity index is 544. The highest BCUT2D eigenvalue weighted by molar-refractivity contribution is 7.55. The lowest BCUT2D eigenvalue weighted by Gasteiger charge is -2.34. The number of carbonyl (C=O) groups is 2. The molecule has 1 amide bonds. The van der Waals surface area contributed by atoms with Crippen molar-refractivity contribution in [2.45, 2.75) is 79.7 Å². The first-order valence-corrected chi connectivity index (χ1v) is 11.1. The van der Waals surface area contributed by atoms with Gasteiger partial charge in [-0.15, -0.1) is 0 Å². The normalized spacial score (nSPS) is 13.8. The van der Waals surface area contributed by atoms with Gasteiger partial charge >= 0.3 is 13.6 Å². The van der Waals surface area contributed by atoms with E-state index in [-0.39, 0.29) is 18.9 Å². The third-order valence-electron chi connectivity index (χ3n) is 3.42. The lowest BCUT2D eigenvalue weighted by Crippen LogP contribution is -2.42. The topological polar surface area (TPSA) is 94.5 Å². The van der Waals surface area contributed by atoms with Crippen molar-refractivity contribution < 1.29 is 27.9 Å². The Hall–Kier alpha value is -1.24. The van der Waals surface area contributed by atoms with Crippen molar-refractivity contribution in [2.24, 2.45) is 4.99 Å². The van der Waals surface area contributed by atoms with Crippen LogP contribution in [0.15, 0.2) is 4.99 Å². The SMILES string of the molecule is CCOC(=O)CC(C(=NC(C)=O)N(CC)CC)P(=O)(OC(C)C)OC(C)C. The molecule has 9 heteroatoms. The molecular weight excluding hydrogens is 371 g/mol. The van der Waals surface area contributed by atoms with Gasteiger partial charge in [-0.2, -0.15) is 4.99 Å². The van der Waals surface area contributed by atoms with Crippen LogP contribution in [0.3, 0.4) is 0 Å². The summed E-state index contributed by atoms with van der Waals surface area (Å²) < 4.78 is 30.2. The molecule has 27 heavy (non-hydrogen) atoms. The zero-order valence-electron chi connectivity index (χ0n) is 17.9. The number of carbonyl (C=O) groups excluding carboxylic acids is 2. The van der Waals surface area contributed by atoms with Crippen LogP contribution in [0.5, 0.6) is 0 Å². The highest BCUT2D eigenvalue weighted by atomic mass is 31.2. The quantitative estimate of drug-likeness (QED) is 0.224. The number of amides is 1. The molecule has 0 aliphatic heterocycles. The first-order chi connectivity index (χ1) is 12.5. The Labute approximate surface area is 163 Å². The number of ether oxygens (including phenoxy) is 1. The van der Waals surface area contributed by atoms with Crippen LogP contribution in [0.4, 0.5) is 0 Å². The molecule has 158 valence electrons. The van der Waals surface area contributed by atoms with E-state index in [4.69, 9.17) is 13.8 Å². The number of rotatable bonds is 11. The summed E-state index contributed by atoms with van der Waals surface area (Å²) in [6, 6.07) is 0. The highest BCUT2D eigenvalue weighted by Crippen LogP contribution is 2.57. The summed E-state index contributed by atoms with van der Waals surface area (Å²) in [5, 5.41) is 0. The van der Waals surface area contributed by atoms with Crippen molar-refractivity contribution >= 4 is 25.3 Å². The molecule has 0 aromatic carbocycles. The van der Waals surface area contributed by atoms with Crippen molar-refractivity contribution in [1.29, 1.82) is 0 Å². The van der Waals surface area contributed by atoms with Gasteiger partial charge in [0.05, 0.1) is 25.2 Å². The Kier molecular flexibility index (Phi) is 11.7. The number of hydrogen-bond donors (Lipinski definition) is 0. The lowest BCUT2D eigenvalue weighted by atomic mass is 10.2. The van der Waals surface area contributed by atoms with Gasteiger partial charge in [0.15, 0.2) is 0 Å². The van der Waals surface area contributed by atoms with E-state index in [9.17, 15) is 14.2 Å². The number of hydrogen-bond acceptors (Lipinski definition) is 6. The van der Waals surface area contributed by atoms with Crippen molar-refractivity contribution in [3.8, 4) is 0 Å². The van der Waals surface area contributed by atoms with Crippen molar-refractivity contribution in [3.05, 3.63) is 0 Å². The van der Waals surface area contributed by atoms with E-state index in [0.29, 0.717) is 13.1 Å². The molecule has 0 aromatic rings. The van der Waals surface area contributed by atoms with Crippen LogP contribution in [0, 0.1) is 0 Å². The molecule has 0 fully saturated rings.